The van der Waals surface area contributed by atoms with E-state index in [0.29, 0.717) is 0 Å². The summed E-state index contributed by atoms with van der Waals surface area (Å²) in [6.07, 6.45) is 3.25. The fraction of sp³-hybridized carbons (Fsp3) is 0.933. The molecular formula is C15H30OS2Si. The highest BCUT2D eigenvalue weighted by Gasteiger charge is 2.59. The minimum atomic E-state index is -1.60. The molecule has 0 N–H and O–H groups in total. The zero-order chi connectivity index (χ0) is 14.7. The summed E-state index contributed by atoms with van der Waals surface area (Å²) in [5.41, 5.74) is 2.18. The first-order chi connectivity index (χ1) is 8.85. The number of hydrogen-bond acceptors (Lipinski definition) is 3. The molecule has 4 heteroatoms. The molecule has 112 valence electrons. The molecule has 0 aromatic carbocycles. The van der Waals surface area contributed by atoms with Crippen molar-refractivity contribution in [2.45, 2.75) is 74.7 Å². The van der Waals surface area contributed by atoms with Crippen LogP contribution in [0.4, 0.5) is 0 Å². The number of aldehydes is 1. The van der Waals surface area contributed by atoms with Gasteiger partial charge in [-0.1, -0.05) is 41.5 Å². The molecule has 1 fully saturated rings. The van der Waals surface area contributed by atoms with Crippen LogP contribution in [0.15, 0.2) is 0 Å². The van der Waals surface area contributed by atoms with Crippen LogP contribution in [0.1, 0.15) is 54.4 Å². The highest BCUT2D eigenvalue weighted by Crippen LogP contribution is 2.61. The van der Waals surface area contributed by atoms with Crippen molar-refractivity contribution in [2.75, 3.05) is 11.5 Å². The topological polar surface area (TPSA) is 17.1 Å². The number of hydrogen-bond donors (Lipinski definition) is 0. The molecule has 0 bridgehead atoms. The fourth-order valence-corrected chi connectivity index (χ4v) is 21.1. The predicted molar refractivity (Wildman–Crippen MR) is 94.0 cm³/mol. The van der Waals surface area contributed by atoms with Gasteiger partial charge in [-0.25, -0.2) is 0 Å². The van der Waals surface area contributed by atoms with Gasteiger partial charge in [0.05, 0.1) is 11.8 Å². The summed E-state index contributed by atoms with van der Waals surface area (Å²) in [6, 6.07) is 0. The lowest BCUT2D eigenvalue weighted by Crippen LogP contribution is -2.62. The summed E-state index contributed by atoms with van der Waals surface area (Å²) in [5, 5.41) is 0. The molecule has 0 amide bonds. The molecule has 0 aromatic rings. The second-order valence-electron chi connectivity index (χ2n) is 6.57. The average molecular weight is 319 g/mol. The summed E-state index contributed by atoms with van der Waals surface area (Å²) < 4.78 is 0.212. The molecule has 0 radical (unpaired) electrons. The van der Waals surface area contributed by atoms with Crippen molar-refractivity contribution in [1.29, 1.82) is 0 Å². The maximum absolute atomic E-state index is 11.4. The van der Waals surface area contributed by atoms with Crippen LogP contribution in [-0.4, -0.2) is 29.6 Å². The highest BCUT2D eigenvalue weighted by molar-refractivity contribution is 8.21. The Morgan fingerprint density at radius 1 is 1.00 bits per heavy atom. The zero-order valence-corrected chi connectivity index (χ0v) is 16.0. The monoisotopic (exact) mass is 318 g/mol. The maximum Gasteiger partial charge on any atom is 0.121 e. The Morgan fingerprint density at radius 3 is 1.74 bits per heavy atom. The van der Waals surface area contributed by atoms with E-state index < -0.39 is 8.07 Å². The number of rotatable bonds is 6. The standard InChI is InChI=1S/C15H30OS2Si/c1-12(2)19(13(3)4,14(5)6)15(8-9-16)17-10-7-11-18-15/h9,12-14H,7-8,10-11H2,1-6H3. The van der Waals surface area contributed by atoms with Gasteiger partial charge in [-0.2, -0.15) is 0 Å². The Kier molecular flexibility index (Phi) is 6.53. The average Bonchev–Trinajstić information content (AvgIpc) is 2.29. The Bertz CT molecular complexity index is 275. The maximum atomic E-state index is 11.4. The van der Waals surface area contributed by atoms with Crippen LogP contribution in [0.5, 0.6) is 0 Å². The van der Waals surface area contributed by atoms with Crippen LogP contribution in [0.25, 0.3) is 0 Å². The minimum Gasteiger partial charge on any atom is -0.303 e. The van der Waals surface area contributed by atoms with Crippen molar-refractivity contribution >= 4 is 37.9 Å². The molecule has 0 unspecified atom stereocenters. The van der Waals surface area contributed by atoms with Gasteiger partial charge in [-0.3, -0.25) is 0 Å². The number of carbonyl (C=O) groups is 1. The van der Waals surface area contributed by atoms with Gasteiger partial charge in [0.25, 0.3) is 0 Å². The second-order valence-corrected chi connectivity index (χ2v) is 16.5. The molecule has 0 atom stereocenters. The lowest BCUT2D eigenvalue weighted by Gasteiger charge is -2.57. The van der Waals surface area contributed by atoms with Gasteiger partial charge in [-0.05, 0) is 34.6 Å². The Hall–Kier alpha value is 0.587. The third-order valence-electron chi connectivity index (χ3n) is 4.84. The van der Waals surface area contributed by atoms with Gasteiger partial charge < -0.3 is 4.79 Å². The normalized spacial score (nSPS) is 20.3. The highest BCUT2D eigenvalue weighted by atomic mass is 32.2. The zero-order valence-electron chi connectivity index (χ0n) is 13.4. The van der Waals surface area contributed by atoms with Gasteiger partial charge in [-0.15, -0.1) is 23.5 Å². The van der Waals surface area contributed by atoms with Crippen molar-refractivity contribution in [3.05, 3.63) is 0 Å². The quantitative estimate of drug-likeness (QED) is 0.485. The molecule has 1 nitrogen and oxygen atoms in total. The van der Waals surface area contributed by atoms with Crippen molar-refractivity contribution in [3.63, 3.8) is 0 Å². The van der Waals surface area contributed by atoms with Gasteiger partial charge in [0.2, 0.25) is 0 Å². The van der Waals surface area contributed by atoms with E-state index in [1.165, 1.54) is 24.2 Å². The van der Waals surface area contributed by atoms with Crippen molar-refractivity contribution in [3.8, 4) is 0 Å². The summed E-state index contributed by atoms with van der Waals surface area (Å²) in [6.45, 7) is 14.5. The Morgan fingerprint density at radius 2 is 1.42 bits per heavy atom. The van der Waals surface area contributed by atoms with Crippen LogP contribution in [0, 0.1) is 0 Å². The van der Waals surface area contributed by atoms with Crippen LogP contribution in [0.3, 0.4) is 0 Å². The first-order valence-electron chi connectivity index (χ1n) is 7.56. The second kappa shape index (κ2) is 7.03. The molecule has 0 spiro atoms. The molecule has 1 aliphatic heterocycles. The van der Waals surface area contributed by atoms with Gasteiger partial charge in [0.1, 0.15) is 6.29 Å². The van der Waals surface area contributed by atoms with E-state index in [4.69, 9.17) is 0 Å². The van der Waals surface area contributed by atoms with E-state index in [0.717, 1.165) is 23.0 Å². The SMILES string of the molecule is CC(C)[Si](C(C)C)(C(C)C)C1(CC=O)SCCCS1. The molecule has 19 heavy (non-hydrogen) atoms. The van der Waals surface area contributed by atoms with Gasteiger partial charge in [0.15, 0.2) is 0 Å². The lowest BCUT2D eigenvalue weighted by atomic mass is 10.5. The van der Waals surface area contributed by atoms with E-state index >= 15 is 0 Å². The summed E-state index contributed by atoms with van der Waals surface area (Å²) >= 11 is 4.24. The van der Waals surface area contributed by atoms with E-state index in [9.17, 15) is 4.79 Å². The molecular weight excluding hydrogens is 288 g/mol. The molecule has 1 saturated heterocycles. The molecule has 1 aliphatic rings. The minimum absolute atomic E-state index is 0.212. The molecule has 0 saturated carbocycles. The smallest absolute Gasteiger partial charge is 0.121 e. The van der Waals surface area contributed by atoms with E-state index in [2.05, 4.69) is 65.1 Å². The predicted octanol–water partition coefficient (Wildman–Crippen LogP) is 5.36. The van der Waals surface area contributed by atoms with Gasteiger partial charge >= 0.3 is 0 Å². The lowest BCUT2D eigenvalue weighted by molar-refractivity contribution is -0.107. The first kappa shape index (κ1) is 17.6. The summed E-state index contributed by atoms with van der Waals surface area (Å²) in [7, 11) is -1.60. The molecule has 0 aliphatic carbocycles. The van der Waals surface area contributed by atoms with Crippen LogP contribution in [-0.2, 0) is 4.79 Å². The summed E-state index contributed by atoms with van der Waals surface area (Å²) in [4.78, 5) is 11.4. The number of carbonyl (C=O) groups excluding carboxylic acids is 1. The Balaban J connectivity index is 3.35. The molecule has 1 heterocycles. The third-order valence-corrected chi connectivity index (χ3v) is 18.0. The molecule has 1 rings (SSSR count). The van der Waals surface area contributed by atoms with Gasteiger partial charge in [0, 0.05) is 6.42 Å². The Labute approximate surface area is 129 Å². The van der Waals surface area contributed by atoms with E-state index in [-0.39, 0.29) is 3.70 Å². The van der Waals surface area contributed by atoms with Crippen molar-refractivity contribution in [2.24, 2.45) is 0 Å². The fourth-order valence-electron chi connectivity index (χ4n) is 4.55. The largest absolute Gasteiger partial charge is 0.303 e. The van der Waals surface area contributed by atoms with Crippen LogP contribution < -0.4 is 0 Å². The van der Waals surface area contributed by atoms with Crippen molar-refractivity contribution < 1.29 is 4.79 Å². The van der Waals surface area contributed by atoms with Crippen molar-refractivity contribution in [1.82, 2.24) is 0 Å². The first-order valence-corrected chi connectivity index (χ1v) is 11.8. The van der Waals surface area contributed by atoms with E-state index in [1.807, 2.05) is 0 Å². The number of thioether (sulfide) groups is 2. The van der Waals surface area contributed by atoms with Crippen LogP contribution in [0.2, 0.25) is 16.6 Å². The van der Waals surface area contributed by atoms with E-state index in [1.54, 1.807) is 0 Å². The third kappa shape index (κ3) is 2.96. The van der Waals surface area contributed by atoms with Crippen LogP contribution >= 0.6 is 23.5 Å². The molecule has 0 aromatic heterocycles. The summed E-state index contributed by atoms with van der Waals surface area (Å²) in [5.74, 6) is 2.48.